The minimum absolute atomic E-state index is 0.187. The van der Waals surface area contributed by atoms with E-state index in [1.165, 1.54) is 6.07 Å². The second-order valence-corrected chi connectivity index (χ2v) is 5.58. The molecule has 6 heteroatoms. The van der Waals surface area contributed by atoms with Gasteiger partial charge in [0, 0.05) is 11.5 Å². The van der Waals surface area contributed by atoms with E-state index >= 15 is 0 Å². The predicted octanol–water partition coefficient (Wildman–Crippen LogP) is 2.86. The number of fused-ring (bicyclic) bond motifs is 1. The third kappa shape index (κ3) is 3.80. The highest BCUT2D eigenvalue weighted by Crippen LogP contribution is 2.25. The molecule has 3 aromatic rings. The molecule has 0 fully saturated rings. The summed E-state index contributed by atoms with van der Waals surface area (Å²) in [5.41, 5.74) is 1.93. The van der Waals surface area contributed by atoms with E-state index in [0.29, 0.717) is 22.7 Å². The number of benzene rings is 2. The number of anilines is 1. The minimum atomic E-state index is -0.320. The maximum Gasteiger partial charge on any atom is 0.262 e. The molecule has 3 rings (SSSR count). The van der Waals surface area contributed by atoms with Crippen LogP contribution < -0.4 is 20.3 Å². The summed E-state index contributed by atoms with van der Waals surface area (Å²) in [6, 6.07) is 14.0. The summed E-state index contributed by atoms with van der Waals surface area (Å²) in [5, 5.41) is 3.60. The van der Waals surface area contributed by atoms with Crippen molar-refractivity contribution in [1.29, 1.82) is 0 Å². The highest BCUT2D eigenvalue weighted by molar-refractivity contribution is 5.94. The Morgan fingerprint density at radius 3 is 2.76 bits per heavy atom. The summed E-state index contributed by atoms with van der Waals surface area (Å²) >= 11 is 0. The van der Waals surface area contributed by atoms with Crippen molar-refractivity contribution in [3.8, 4) is 11.5 Å². The van der Waals surface area contributed by atoms with Crippen molar-refractivity contribution < 1.29 is 14.3 Å². The van der Waals surface area contributed by atoms with Crippen molar-refractivity contribution in [2.75, 3.05) is 19.0 Å². The van der Waals surface area contributed by atoms with Crippen LogP contribution in [0.25, 0.3) is 10.9 Å². The summed E-state index contributed by atoms with van der Waals surface area (Å²) in [6.07, 6.45) is 0. The van der Waals surface area contributed by atoms with Crippen LogP contribution >= 0.6 is 0 Å². The van der Waals surface area contributed by atoms with Gasteiger partial charge in [-0.05, 0) is 36.8 Å². The van der Waals surface area contributed by atoms with E-state index in [4.69, 9.17) is 9.47 Å². The van der Waals surface area contributed by atoms with E-state index in [1.54, 1.807) is 31.4 Å². The molecule has 0 saturated heterocycles. The molecule has 1 amide bonds. The second kappa shape index (κ2) is 7.09. The number of aryl methyl sites for hydroxylation is 1. The molecule has 0 aliphatic heterocycles. The first-order valence-electron chi connectivity index (χ1n) is 7.76. The van der Waals surface area contributed by atoms with Gasteiger partial charge in [0.05, 0.1) is 18.3 Å². The molecule has 1 heterocycles. The second-order valence-electron chi connectivity index (χ2n) is 5.58. The molecule has 6 nitrogen and oxygen atoms in total. The topological polar surface area (TPSA) is 80.4 Å². The third-order valence-electron chi connectivity index (χ3n) is 3.71. The van der Waals surface area contributed by atoms with Crippen molar-refractivity contribution >= 4 is 22.5 Å². The number of aromatic nitrogens is 1. The monoisotopic (exact) mass is 338 g/mol. The molecule has 0 saturated carbocycles. The van der Waals surface area contributed by atoms with Crippen molar-refractivity contribution in [2.45, 2.75) is 6.92 Å². The van der Waals surface area contributed by atoms with Gasteiger partial charge in [-0.25, -0.2) is 0 Å². The van der Waals surface area contributed by atoms with Gasteiger partial charge < -0.3 is 19.8 Å². The van der Waals surface area contributed by atoms with E-state index in [0.717, 1.165) is 10.9 Å². The number of nitrogens with one attached hydrogen (secondary N) is 2. The number of carbonyl (C=O) groups excluding carboxylic acids is 1. The zero-order valence-electron chi connectivity index (χ0n) is 14.0. The number of methoxy groups -OCH3 is 1. The first kappa shape index (κ1) is 16.6. The number of hydrogen-bond donors (Lipinski definition) is 2. The summed E-state index contributed by atoms with van der Waals surface area (Å²) in [6.45, 7) is 1.74. The van der Waals surface area contributed by atoms with Crippen LogP contribution in [0.3, 0.4) is 0 Å². The fourth-order valence-electron chi connectivity index (χ4n) is 2.52. The van der Waals surface area contributed by atoms with Crippen LogP contribution in [0.2, 0.25) is 0 Å². The standard InChI is InChI=1S/C19H18N2O4/c1-12-6-8-15(24-2)14(10-12)20-18(23)11-25-16-5-3-4-13-7-9-17(22)21-19(13)16/h3-10H,11H2,1-2H3,(H,20,23)(H,21,22). The minimum Gasteiger partial charge on any atom is -0.495 e. The summed E-state index contributed by atoms with van der Waals surface area (Å²) in [5.74, 6) is 0.703. The SMILES string of the molecule is COc1ccc(C)cc1NC(=O)COc1cccc2ccc(=O)[nH]c12. The Hall–Kier alpha value is -3.28. The normalized spacial score (nSPS) is 10.5. The van der Waals surface area contributed by atoms with E-state index in [2.05, 4.69) is 10.3 Å². The Labute approximate surface area is 144 Å². The number of hydrogen-bond acceptors (Lipinski definition) is 4. The lowest BCUT2D eigenvalue weighted by molar-refractivity contribution is -0.118. The molecule has 1 aromatic heterocycles. The smallest absolute Gasteiger partial charge is 0.262 e. The van der Waals surface area contributed by atoms with Crippen LogP contribution in [0.15, 0.2) is 53.3 Å². The van der Waals surface area contributed by atoms with E-state index in [1.807, 2.05) is 25.1 Å². The summed E-state index contributed by atoms with van der Waals surface area (Å²) < 4.78 is 10.8. The largest absolute Gasteiger partial charge is 0.495 e. The van der Waals surface area contributed by atoms with Gasteiger partial charge in [-0.1, -0.05) is 18.2 Å². The van der Waals surface area contributed by atoms with Gasteiger partial charge in [0.2, 0.25) is 5.56 Å². The van der Waals surface area contributed by atoms with Gasteiger partial charge in [-0.3, -0.25) is 9.59 Å². The van der Waals surface area contributed by atoms with Crippen LogP contribution in [0.4, 0.5) is 5.69 Å². The molecule has 128 valence electrons. The molecule has 2 N–H and O–H groups in total. The zero-order chi connectivity index (χ0) is 17.8. The molecule has 0 spiro atoms. The van der Waals surface area contributed by atoms with Crippen molar-refractivity contribution in [1.82, 2.24) is 4.98 Å². The van der Waals surface area contributed by atoms with E-state index in [9.17, 15) is 9.59 Å². The van der Waals surface area contributed by atoms with Crippen molar-refractivity contribution in [3.05, 3.63) is 64.4 Å². The number of aromatic amines is 1. The predicted molar refractivity (Wildman–Crippen MR) is 96.4 cm³/mol. The highest BCUT2D eigenvalue weighted by atomic mass is 16.5. The summed E-state index contributed by atoms with van der Waals surface area (Å²) in [7, 11) is 1.54. The number of para-hydroxylation sites is 1. The number of ether oxygens (including phenoxy) is 2. The van der Waals surface area contributed by atoms with E-state index in [-0.39, 0.29) is 18.1 Å². The van der Waals surface area contributed by atoms with Crippen LogP contribution in [0.5, 0.6) is 11.5 Å². The molecular formula is C19H18N2O4. The van der Waals surface area contributed by atoms with Gasteiger partial charge in [-0.2, -0.15) is 0 Å². The first-order valence-corrected chi connectivity index (χ1v) is 7.76. The fourth-order valence-corrected chi connectivity index (χ4v) is 2.52. The average Bonchev–Trinajstić information content (AvgIpc) is 2.60. The molecule has 0 aliphatic rings. The quantitative estimate of drug-likeness (QED) is 0.750. The maximum atomic E-state index is 12.2. The molecule has 0 atom stereocenters. The lowest BCUT2D eigenvalue weighted by Crippen LogP contribution is -2.21. The fraction of sp³-hybridized carbons (Fsp3) is 0.158. The Bertz CT molecular complexity index is 979. The number of rotatable bonds is 5. The molecular weight excluding hydrogens is 320 g/mol. The number of amides is 1. The highest BCUT2D eigenvalue weighted by Gasteiger charge is 2.10. The Morgan fingerprint density at radius 1 is 1.12 bits per heavy atom. The van der Waals surface area contributed by atoms with Crippen LogP contribution in [0, 0.1) is 6.92 Å². The molecule has 0 aliphatic carbocycles. The molecule has 25 heavy (non-hydrogen) atoms. The van der Waals surface area contributed by atoms with Crippen molar-refractivity contribution in [2.24, 2.45) is 0 Å². The molecule has 0 radical (unpaired) electrons. The van der Waals surface area contributed by atoms with Crippen LogP contribution in [0.1, 0.15) is 5.56 Å². The molecule has 0 unspecified atom stereocenters. The van der Waals surface area contributed by atoms with Gasteiger partial charge in [-0.15, -0.1) is 0 Å². The Kier molecular flexibility index (Phi) is 4.70. The van der Waals surface area contributed by atoms with Crippen LogP contribution in [-0.2, 0) is 4.79 Å². The van der Waals surface area contributed by atoms with Gasteiger partial charge >= 0.3 is 0 Å². The molecule has 2 aromatic carbocycles. The van der Waals surface area contributed by atoms with Crippen molar-refractivity contribution in [3.63, 3.8) is 0 Å². The number of H-pyrrole nitrogens is 1. The van der Waals surface area contributed by atoms with Gasteiger partial charge in [0.25, 0.3) is 5.91 Å². The van der Waals surface area contributed by atoms with E-state index < -0.39 is 0 Å². The third-order valence-corrected chi connectivity index (χ3v) is 3.71. The Balaban J connectivity index is 1.74. The lowest BCUT2D eigenvalue weighted by Gasteiger charge is -2.12. The zero-order valence-corrected chi connectivity index (χ0v) is 14.0. The van der Waals surface area contributed by atoms with Gasteiger partial charge in [0.1, 0.15) is 11.5 Å². The molecule has 0 bridgehead atoms. The maximum absolute atomic E-state index is 12.2. The summed E-state index contributed by atoms with van der Waals surface area (Å²) in [4.78, 5) is 26.4. The lowest BCUT2D eigenvalue weighted by atomic mass is 10.2. The Morgan fingerprint density at radius 2 is 1.96 bits per heavy atom. The number of pyridine rings is 1. The number of carbonyl (C=O) groups is 1. The van der Waals surface area contributed by atoms with Crippen LogP contribution in [-0.4, -0.2) is 24.6 Å². The first-order chi connectivity index (χ1) is 12.1. The van der Waals surface area contributed by atoms with Gasteiger partial charge in [0.15, 0.2) is 6.61 Å². The average molecular weight is 338 g/mol.